The summed E-state index contributed by atoms with van der Waals surface area (Å²) in [5.74, 6) is 0. The second-order valence-corrected chi connectivity index (χ2v) is 3.65. The van der Waals surface area contributed by atoms with Gasteiger partial charge in [-0.1, -0.05) is 79.7 Å². The highest BCUT2D eigenvalue weighted by Gasteiger charge is 1.87. The normalized spacial score (nSPS) is 10.1. The minimum atomic E-state index is 0. The summed E-state index contributed by atoms with van der Waals surface area (Å²) in [5, 5.41) is 0. The molecule has 0 spiro atoms. The van der Waals surface area contributed by atoms with Crippen molar-refractivity contribution in [1.82, 2.24) is 0 Å². The minimum absolute atomic E-state index is 0. The van der Waals surface area contributed by atoms with Crippen molar-refractivity contribution in [3.63, 3.8) is 0 Å². The molecule has 0 saturated carbocycles. The van der Waals surface area contributed by atoms with Crippen LogP contribution in [0.15, 0.2) is 54.6 Å². The molecule has 0 aliphatic carbocycles. The van der Waals surface area contributed by atoms with Gasteiger partial charge in [-0.25, -0.2) is 0 Å². The minimum Gasteiger partial charge on any atom is -0.0776 e. The molecule has 16 heavy (non-hydrogen) atoms. The van der Waals surface area contributed by atoms with E-state index in [-0.39, 0.29) is 7.43 Å². The molecule has 0 heteroatoms. The largest absolute Gasteiger partial charge is 0.0776 e. The van der Waals surface area contributed by atoms with Gasteiger partial charge in [-0.2, -0.15) is 0 Å². The van der Waals surface area contributed by atoms with Gasteiger partial charge in [0.25, 0.3) is 0 Å². The summed E-state index contributed by atoms with van der Waals surface area (Å²) in [6.07, 6.45) is 4.26. The lowest BCUT2D eigenvalue weighted by molar-refractivity contribution is 1.46. The first-order valence-corrected chi connectivity index (χ1v) is 5.14. The third-order valence-corrected chi connectivity index (χ3v) is 2.35. The fourth-order valence-corrected chi connectivity index (χ4v) is 1.43. The van der Waals surface area contributed by atoms with Gasteiger partial charge in [-0.3, -0.25) is 0 Å². The van der Waals surface area contributed by atoms with E-state index in [9.17, 15) is 0 Å². The van der Waals surface area contributed by atoms with Crippen molar-refractivity contribution in [2.75, 3.05) is 0 Å². The molecule has 0 aliphatic rings. The summed E-state index contributed by atoms with van der Waals surface area (Å²) in [6.45, 7) is 2.10. The zero-order chi connectivity index (χ0) is 10.5. The van der Waals surface area contributed by atoms with Crippen molar-refractivity contribution in [1.29, 1.82) is 0 Å². The van der Waals surface area contributed by atoms with Crippen LogP contribution >= 0.6 is 0 Å². The average molecular weight is 210 g/mol. The molecule has 0 bridgehead atoms. The van der Waals surface area contributed by atoms with Gasteiger partial charge in [0.05, 0.1) is 0 Å². The number of hydrogen-bond acceptors (Lipinski definition) is 0. The molecule has 2 aromatic rings. The van der Waals surface area contributed by atoms with E-state index in [1.165, 1.54) is 16.7 Å². The summed E-state index contributed by atoms with van der Waals surface area (Å²) in [5.41, 5.74) is 3.77. The molecular weight excluding hydrogens is 192 g/mol. The second kappa shape index (κ2) is 5.92. The molecule has 0 heterocycles. The van der Waals surface area contributed by atoms with E-state index >= 15 is 0 Å². The van der Waals surface area contributed by atoms with E-state index in [0.717, 1.165) is 0 Å². The predicted molar refractivity (Wildman–Crippen MR) is 73.3 cm³/mol. The van der Waals surface area contributed by atoms with E-state index in [1.54, 1.807) is 0 Å². The first-order chi connectivity index (χ1) is 7.34. The SMILES string of the molecule is C.Cc1ccc(/C=C/c2ccccc2)cc1. The second-order valence-electron chi connectivity index (χ2n) is 3.65. The van der Waals surface area contributed by atoms with Crippen LogP contribution in [0.2, 0.25) is 0 Å². The molecule has 0 radical (unpaired) electrons. The fraction of sp³-hybridized carbons (Fsp3) is 0.125. The lowest BCUT2D eigenvalue weighted by Crippen LogP contribution is -1.74. The van der Waals surface area contributed by atoms with Crippen LogP contribution in [0.4, 0.5) is 0 Å². The van der Waals surface area contributed by atoms with Crippen LogP contribution in [-0.4, -0.2) is 0 Å². The van der Waals surface area contributed by atoms with E-state index in [0.29, 0.717) is 0 Å². The highest BCUT2D eigenvalue weighted by Crippen LogP contribution is 2.08. The molecule has 82 valence electrons. The Kier molecular flexibility index (Phi) is 4.53. The van der Waals surface area contributed by atoms with Crippen LogP contribution in [0, 0.1) is 6.92 Å². The molecule has 0 atom stereocenters. The summed E-state index contributed by atoms with van der Waals surface area (Å²) < 4.78 is 0. The van der Waals surface area contributed by atoms with Crippen molar-refractivity contribution in [3.8, 4) is 0 Å². The number of aryl methyl sites for hydroxylation is 1. The van der Waals surface area contributed by atoms with Crippen LogP contribution in [0.25, 0.3) is 12.2 Å². The topological polar surface area (TPSA) is 0 Å². The Hall–Kier alpha value is -1.82. The van der Waals surface area contributed by atoms with Crippen LogP contribution in [-0.2, 0) is 0 Å². The first-order valence-electron chi connectivity index (χ1n) is 5.14. The number of rotatable bonds is 2. The maximum atomic E-state index is 2.13. The van der Waals surface area contributed by atoms with Crippen LogP contribution in [0.5, 0.6) is 0 Å². The zero-order valence-electron chi connectivity index (χ0n) is 8.85. The van der Waals surface area contributed by atoms with E-state index in [4.69, 9.17) is 0 Å². The summed E-state index contributed by atoms with van der Waals surface area (Å²) in [7, 11) is 0. The maximum Gasteiger partial charge on any atom is -0.0256 e. The molecule has 0 saturated heterocycles. The average Bonchev–Trinajstić information content (AvgIpc) is 2.30. The van der Waals surface area contributed by atoms with Gasteiger partial charge in [-0.05, 0) is 18.1 Å². The Balaban J connectivity index is 0.00000128. The van der Waals surface area contributed by atoms with Crippen molar-refractivity contribution in [2.24, 2.45) is 0 Å². The third-order valence-electron chi connectivity index (χ3n) is 2.35. The first kappa shape index (κ1) is 12.3. The van der Waals surface area contributed by atoms with Gasteiger partial charge in [0.15, 0.2) is 0 Å². The Labute approximate surface area is 98.3 Å². The van der Waals surface area contributed by atoms with Gasteiger partial charge < -0.3 is 0 Å². The number of hydrogen-bond donors (Lipinski definition) is 0. The summed E-state index contributed by atoms with van der Waals surface area (Å²) >= 11 is 0. The standard InChI is InChI=1S/C15H14.CH4/c1-13-7-9-15(10-8-13)12-11-14-5-3-2-4-6-14;/h2-12H,1H3;1H4/b12-11+;. The van der Waals surface area contributed by atoms with E-state index in [1.807, 2.05) is 6.07 Å². The quantitative estimate of drug-likeness (QED) is 0.624. The van der Waals surface area contributed by atoms with Crippen molar-refractivity contribution in [3.05, 3.63) is 71.3 Å². The molecule has 0 aromatic heterocycles. The molecule has 0 N–H and O–H groups in total. The van der Waals surface area contributed by atoms with Gasteiger partial charge in [0.1, 0.15) is 0 Å². The smallest absolute Gasteiger partial charge is 0.0256 e. The van der Waals surface area contributed by atoms with Gasteiger partial charge in [0, 0.05) is 0 Å². The molecule has 2 rings (SSSR count). The monoisotopic (exact) mass is 210 g/mol. The molecule has 0 aliphatic heterocycles. The van der Waals surface area contributed by atoms with Crippen molar-refractivity contribution < 1.29 is 0 Å². The third kappa shape index (κ3) is 3.39. The maximum absolute atomic E-state index is 2.13. The molecule has 0 nitrogen and oxygen atoms in total. The Morgan fingerprint density at radius 2 is 1.19 bits per heavy atom. The fourth-order valence-electron chi connectivity index (χ4n) is 1.43. The van der Waals surface area contributed by atoms with Crippen molar-refractivity contribution >= 4 is 12.2 Å². The van der Waals surface area contributed by atoms with Gasteiger partial charge >= 0.3 is 0 Å². The van der Waals surface area contributed by atoms with Crippen LogP contribution in [0.1, 0.15) is 24.1 Å². The Morgan fingerprint density at radius 1 is 0.688 bits per heavy atom. The van der Waals surface area contributed by atoms with E-state index in [2.05, 4.69) is 67.6 Å². The Morgan fingerprint density at radius 3 is 1.75 bits per heavy atom. The molecule has 2 aromatic carbocycles. The van der Waals surface area contributed by atoms with E-state index < -0.39 is 0 Å². The molecule has 0 fully saturated rings. The van der Waals surface area contributed by atoms with Gasteiger partial charge in [-0.15, -0.1) is 0 Å². The summed E-state index contributed by atoms with van der Waals surface area (Å²) in [4.78, 5) is 0. The Bertz CT molecular complexity index is 435. The zero-order valence-corrected chi connectivity index (χ0v) is 8.85. The van der Waals surface area contributed by atoms with Gasteiger partial charge in [0.2, 0.25) is 0 Å². The van der Waals surface area contributed by atoms with Crippen molar-refractivity contribution in [2.45, 2.75) is 14.4 Å². The molecule has 0 unspecified atom stereocenters. The highest BCUT2D eigenvalue weighted by molar-refractivity contribution is 5.69. The molecule has 0 amide bonds. The highest BCUT2D eigenvalue weighted by atomic mass is 13.9. The summed E-state index contributed by atoms with van der Waals surface area (Å²) in [6, 6.07) is 18.9. The predicted octanol–water partition coefficient (Wildman–Crippen LogP) is 4.80. The lowest BCUT2D eigenvalue weighted by Gasteiger charge is -1.95. The number of benzene rings is 2. The lowest BCUT2D eigenvalue weighted by atomic mass is 10.1. The molecular formula is C16H18. The van der Waals surface area contributed by atoms with Crippen LogP contribution < -0.4 is 0 Å². The van der Waals surface area contributed by atoms with Crippen LogP contribution in [0.3, 0.4) is 0 Å².